The molecule has 2 N–H and O–H groups in total. The summed E-state index contributed by atoms with van der Waals surface area (Å²) in [5.41, 5.74) is -0.782. The van der Waals surface area contributed by atoms with Gasteiger partial charge in [0.25, 0.3) is 0 Å². The summed E-state index contributed by atoms with van der Waals surface area (Å²) in [5.74, 6) is -0.337. The molecule has 9 heteroatoms. The molecule has 2 amide bonds. The summed E-state index contributed by atoms with van der Waals surface area (Å²) in [6, 6.07) is 4.15. The molecule has 0 aliphatic carbocycles. The summed E-state index contributed by atoms with van der Waals surface area (Å²) in [6.07, 6.45) is -3.60. The third kappa shape index (κ3) is 6.40. The van der Waals surface area contributed by atoms with E-state index < -0.39 is 17.8 Å². The second-order valence-electron chi connectivity index (χ2n) is 6.76. The van der Waals surface area contributed by atoms with Gasteiger partial charge >= 0.3 is 6.18 Å². The van der Waals surface area contributed by atoms with Gasteiger partial charge in [-0.15, -0.1) is 0 Å². The zero-order chi connectivity index (χ0) is 20.7. The van der Waals surface area contributed by atoms with Gasteiger partial charge in [-0.25, -0.2) is 0 Å². The maximum Gasteiger partial charge on any atom is 0.416 e. The Morgan fingerprint density at radius 1 is 1.32 bits per heavy atom. The normalized spacial score (nSPS) is 18.5. The number of nitrogens with one attached hydrogen (secondary N) is 1. The van der Waals surface area contributed by atoms with E-state index in [-0.39, 0.29) is 36.6 Å². The standard InChI is InChI=1S/C19H25F3N2O4/c1-2-17(26)24-9-3-4-13(11-24)18(27)23-10-15(25)12-28-16-7-5-14(6-8-16)19(20,21)22/h5-8,13,15,25H,2-4,9-12H2,1H3,(H,23,27). The van der Waals surface area contributed by atoms with Gasteiger partial charge in [0.15, 0.2) is 0 Å². The number of carbonyl (C=O) groups is 2. The molecule has 1 aromatic rings. The van der Waals surface area contributed by atoms with Crippen LogP contribution in [-0.4, -0.2) is 54.2 Å². The Hall–Kier alpha value is -2.29. The Morgan fingerprint density at radius 3 is 2.61 bits per heavy atom. The average Bonchev–Trinajstić information content (AvgIpc) is 2.69. The van der Waals surface area contributed by atoms with Crippen LogP contribution in [-0.2, 0) is 15.8 Å². The van der Waals surface area contributed by atoms with E-state index in [0.717, 1.165) is 18.6 Å². The van der Waals surface area contributed by atoms with Crippen molar-refractivity contribution in [1.82, 2.24) is 10.2 Å². The Bertz CT molecular complexity index is 664. The first-order valence-corrected chi connectivity index (χ1v) is 9.24. The summed E-state index contributed by atoms with van der Waals surface area (Å²) in [6.45, 7) is 2.59. The summed E-state index contributed by atoms with van der Waals surface area (Å²) in [7, 11) is 0. The largest absolute Gasteiger partial charge is 0.491 e. The number of rotatable bonds is 7. The number of hydrogen-bond acceptors (Lipinski definition) is 4. The second kappa shape index (κ2) is 9.77. The summed E-state index contributed by atoms with van der Waals surface area (Å²) in [5, 5.41) is 12.6. The van der Waals surface area contributed by atoms with Crippen LogP contribution in [0.25, 0.3) is 0 Å². The second-order valence-corrected chi connectivity index (χ2v) is 6.76. The molecule has 2 unspecified atom stereocenters. The van der Waals surface area contributed by atoms with E-state index in [1.165, 1.54) is 12.1 Å². The van der Waals surface area contributed by atoms with Crippen molar-refractivity contribution in [2.24, 2.45) is 5.92 Å². The smallest absolute Gasteiger partial charge is 0.416 e. The van der Waals surface area contributed by atoms with Gasteiger partial charge in [-0.3, -0.25) is 9.59 Å². The van der Waals surface area contributed by atoms with Crippen molar-refractivity contribution in [1.29, 1.82) is 0 Å². The molecule has 1 saturated heterocycles. The van der Waals surface area contributed by atoms with Gasteiger partial charge in [0.05, 0.1) is 11.5 Å². The van der Waals surface area contributed by atoms with E-state index in [0.29, 0.717) is 25.9 Å². The SMILES string of the molecule is CCC(=O)N1CCCC(C(=O)NCC(O)COc2ccc(C(F)(F)F)cc2)C1. The molecule has 1 aliphatic rings. The lowest BCUT2D eigenvalue weighted by Crippen LogP contribution is -2.46. The highest BCUT2D eigenvalue weighted by Gasteiger charge is 2.30. The third-order valence-electron chi connectivity index (χ3n) is 4.58. The van der Waals surface area contributed by atoms with Crippen LogP contribution in [0.5, 0.6) is 5.75 Å². The molecule has 1 heterocycles. The number of halogens is 3. The van der Waals surface area contributed by atoms with Crippen molar-refractivity contribution in [2.45, 2.75) is 38.5 Å². The Labute approximate surface area is 161 Å². The number of aliphatic hydroxyl groups is 1. The van der Waals surface area contributed by atoms with Crippen molar-refractivity contribution >= 4 is 11.8 Å². The minimum absolute atomic E-state index is 0.0162. The topological polar surface area (TPSA) is 78.9 Å². The number of likely N-dealkylation sites (tertiary alicyclic amines) is 1. The highest BCUT2D eigenvalue weighted by molar-refractivity contribution is 5.81. The van der Waals surface area contributed by atoms with Crippen molar-refractivity contribution in [3.05, 3.63) is 29.8 Å². The Morgan fingerprint density at radius 2 is 2.00 bits per heavy atom. The fourth-order valence-corrected chi connectivity index (χ4v) is 3.00. The maximum atomic E-state index is 12.5. The van der Waals surface area contributed by atoms with Crippen molar-refractivity contribution in [2.75, 3.05) is 26.2 Å². The lowest BCUT2D eigenvalue weighted by Gasteiger charge is -2.32. The zero-order valence-corrected chi connectivity index (χ0v) is 15.7. The van der Waals surface area contributed by atoms with Crippen LogP contribution in [0.2, 0.25) is 0 Å². The van der Waals surface area contributed by atoms with E-state index in [2.05, 4.69) is 5.32 Å². The van der Waals surface area contributed by atoms with Crippen LogP contribution in [0.4, 0.5) is 13.2 Å². The predicted octanol–water partition coefficient (Wildman–Crippen LogP) is 2.21. The molecular formula is C19H25F3N2O4. The average molecular weight is 402 g/mol. The lowest BCUT2D eigenvalue weighted by atomic mass is 9.97. The molecule has 2 atom stereocenters. The van der Waals surface area contributed by atoms with Crippen LogP contribution in [0.15, 0.2) is 24.3 Å². The van der Waals surface area contributed by atoms with Crippen LogP contribution in [0, 0.1) is 5.92 Å². The monoisotopic (exact) mass is 402 g/mol. The lowest BCUT2D eigenvalue weighted by molar-refractivity contribution is -0.138. The van der Waals surface area contributed by atoms with Crippen LogP contribution < -0.4 is 10.1 Å². The van der Waals surface area contributed by atoms with Crippen LogP contribution in [0.3, 0.4) is 0 Å². The first-order valence-electron chi connectivity index (χ1n) is 9.24. The number of piperidine rings is 1. The third-order valence-corrected chi connectivity index (χ3v) is 4.58. The number of aliphatic hydroxyl groups excluding tert-OH is 1. The van der Waals surface area contributed by atoms with Gasteiger partial charge in [0.1, 0.15) is 18.5 Å². The minimum atomic E-state index is -4.42. The number of ether oxygens (including phenoxy) is 1. The maximum absolute atomic E-state index is 12.5. The van der Waals surface area contributed by atoms with Gasteiger partial charge < -0.3 is 20.1 Å². The molecule has 2 rings (SSSR count). The van der Waals surface area contributed by atoms with Gasteiger partial charge in [0, 0.05) is 26.1 Å². The molecule has 0 bridgehead atoms. The summed E-state index contributed by atoms with van der Waals surface area (Å²) in [4.78, 5) is 25.7. The molecule has 0 aromatic heterocycles. The first-order chi connectivity index (χ1) is 13.2. The number of benzene rings is 1. The van der Waals surface area contributed by atoms with E-state index >= 15 is 0 Å². The highest BCUT2D eigenvalue weighted by atomic mass is 19.4. The van der Waals surface area contributed by atoms with Crippen LogP contribution in [0.1, 0.15) is 31.7 Å². The van der Waals surface area contributed by atoms with E-state index in [4.69, 9.17) is 4.74 Å². The fraction of sp³-hybridized carbons (Fsp3) is 0.579. The molecule has 156 valence electrons. The minimum Gasteiger partial charge on any atom is -0.491 e. The Balaban J connectivity index is 1.73. The highest BCUT2D eigenvalue weighted by Crippen LogP contribution is 2.30. The van der Waals surface area contributed by atoms with Crippen molar-refractivity contribution < 1.29 is 32.6 Å². The van der Waals surface area contributed by atoms with Crippen molar-refractivity contribution in [3.63, 3.8) is 0 Å². The van der Waals surface area contributed by atoms with Gasteiger partial charge in [0.2, 0.25) is 11.8 Å². The number of amides is 2. The molecule has 28 heavy (non-hydrogen) atoms. The first kappa shape index (κ1) is 22.0. The van der Waals surface area contributed by atoms with Crippen LogP contribution >= 0.6 is 0 Å². The molecule has 1 aliphatic heterocycles. The van der Waals surface area contributed by atoms with Gasteiger partial charge in [-0.1, -0.05) is 6.92 Å². The van der Waals surface area contributed by atoms with Gasteiger partial charge in [-0.2, -0.15) is 13.2 Å². The molecule has 0 radical (unpaired) electrons. The van der Waals surface area contributed by atoms with E-state index in [1.54, 1.807) is 11.8 Å². The van der Waals surface area contributed by atoms with E-state index in [9.17, 15) is 27.9 Å². The molecule has 0 saturated carbocycles. The fourth-order valence-electron chi connectivity index (χ4n) is 3.00. The number of alkyl halides is 3. The zero-order valence-electron chi connectivity index (χ0n) is 15.7. The molecule has 1 aromatic carbocycles. The molecule has 0 spiro atoms. The predicted molar refractivity (Wildman–Crippen MR) is 95.6 cm³/mol. The Kier molecular flexibility index (Phi) is 7.68. The summed E-state index contributed by atoms with van der Waals surface area (Å²) >= 11 is 0. The molecule has 6 nitrogen and oxygen atoms in total. The molecule has 1 fully saturated rings. The number of hydrogen-bond donors (Lipinski definition) is 2. The van der Waals surface area contributed by atoms with Crippen molar-refractivity contribution in [3.8, 4) is 5.75 Å². The quantitative estimate of drug-likeness (QED) is 0.733. The number of carbonyl (C=O) groups excluding carboxylic acids is 2. The number of nitrogens with zero attached hydrogens (tertiary/aromatic N) is 1. The van der Waals surface area contributed by atoms with Gasteiger partial charge in [-0.05, 0) is 37.1 Å². The summed E-state index contributed by atoms with van der Waals surface area (Å²) < 4.78 is 42.8. The van der Waals surface area contributed by atoms with E-state index in [1.807, 2.05) is 0 Å². The molecular weight excluding hydrogens is 377 g/mol.